The zero-order valence-electron chi connectivity index (χ0n) is 9.99. The maximum atomic E-state index is 11.6. The summed E-state index contributed by atoms with van der Waals surface area (Å²) in [5.74, 6) is -1.77. The zero-order chi connectivity index (χ0) is 15.7. The number of nitrogens with zero attached hydrogens (tertiary/aromatic N) is 1. The molecule has 112 valence electrons. The Morgan fingerprint density at radius 3 is 2.38 bits per heavy atom. The van der Waals surface area contributed by atoms with Crippen molar-refractivity contribution in [3.63, 3.8) is 0 Å². The lowest BCUT2D eigenvalue weighted by atomic mass is 10.2. The molecule has 0 radical (unpaired) electrons. The highest BCUT2D eigenvalue weighted by atomic mass is 79.9. The number of phenols is 1. The van der Waals surface area contributed by atoms with Crippen LogP contribution in [-0.2, 0) is 11.3 Å². The Labute approximate surface area is 142 Å². The molecule has 0 aliphatic rings. The number of thiophene rings is 1. The van der Waals surface area contributed by atoms with Crippen LogP contribution in [0.2, 0.25) is 0 Å². The topological polar surface area (TPSA) is 98.1 Å². The fourth-order valence-corrected chi connectivity index (χ4v) is 5.03. The van der Waals surface area contributed by atoms with Gasteiger partial charge in [-0.2, -0.15) is 0 Å². The maximum absolute atomic E-state index is 11.6. The van der Waals surface area contributed by atoms with Crippen LogP contribution >= 0.6 is 43.2 Å². The second-order valence-electron chi connectivity index (χ2n) is 3.74. The molecule has 6 nitrogen and oxygen atoms in total. The van der Waals surface area contributed by atoms with Gasteiger partial charge >= 0.3 is 5.97 Å². The Morgan fingerprint density at radius 1 is 1.29 bits per heavy atom. The molecule has 3 N–H and O–H groups in total. The van der Waals surface area contributed by atoms with E-state index in [1.165, 1.54) is 23.5 Å². The van der Waals surface area contributed by atoms with Crippen LogP contribution in [0.25, 0.3) is 0 Å². The molecule has 0 saturated carbocycles. The molecule has 1 heterocycles. The zero-order valence-corrected chi connectivity index (χ0v) is 14.8. The summed E-state index contributed by atoms with van der Waals surface area (Å²) < 4.78 is 23.5. The predicted molar refractivity (Wildman–Crippen MR) is 87.7 cm³/mol. The highest BCUT2D eigenvalue weighted by Gasteiger charge is 2.22. The van der Waals surface area contributed by atoms with E-state index in [2.05, 4.69) is 31.9 Å². The molecule has 0 saturated heterocycles. The lowest BCUT2D eigenvalue weighted by Crippen LogP contribution is -2.18. The van der Waals surface area contributed by atoms with E-state index in [4.69, 9.17) is 5.11 Å². The van der Waals surface area contributed by atoms with Crippen molar-refractivity contribution in [3.8, 4) is 5.75 Å². The van der Waals surface area contributed by atoms with Crippen LogP contribution < -0.4 is 4.31 Å². The van der Waals surface area contributed by atoms with Gasteiger partial charge in [0.1, 0.15) is 16.3 Å². The van der Waals surface area contributed by atoms with Gasteiger partial charge in [-0.15, -0.1) is 11.3 Å². The van der Waals surface area contributed by atoms with Crippen molar-refractivity contribution in [2.75, 3.05) is 4.31 Å². The van der Waals surface area contributed by atoms with Crippen molar-refractivity contribution in [2.45, 2.75) is 0 Å². The molecular formula is C11H7Br2NO5S2. The minimum atomic E-state index is -2.39. The first-order chi connectivity index (χ1) is 9.81. The van der Waals surface area contributed by atoms with Crippen molar-refractivity contribution in [1.82, 2.24) is 0 Å². The van der Waals surface area contributed by atoms with Gasteiger partial charge < -0.3 is 10.2 Å². The molecule has 0 aliphatic carbocycles. The van der Waals surface area contributed by atoms with Gasteiger partial charge in [0.2, 0.25) is 0 Å². The summed E-state index contributed by atoms with van der Waals surface area (Å²) in [4.78, 5) is 10.9. The molecule has 2 aromatic rings. The van der Waals surface area contributed by atoms with Crippen molar-refractivity contribution < 1.29 is 23.8 Å². The van der Waals surface area contributed by atoms with Gasteiger partial charge in [0, 0.05) is 6.07 Å². The molecule has 0 amide bonds. The Kier molecular flexibility index (Phi) is 5.04. The van der Waals surface area contributed by atoms with Crippen molar-refractivity contribution in [1.29, 1.82) is 0 Å². The van der Waals surface area contributed by atoms with Gasteiger partial charge in [-0.25, -0.2) is 13.3 Å². The number of aromatic hydroxyl groups is 1. The maximum Gasteiger partial charge on any atom is 0.339 e. The number of carboxylic acids is 1. The Hall–Kier alpha value is -0.940. The average molecular weight is 457 g/mol. The van der Waals surface area contributed by atoms with Gasteiger partial charge in [0.05, 0.1) is 13.9 Å². The molecule has 1 aromatic carbocycles. The number of carbonyl (C=O) groups is 1. The van der Waals surface area contributed by atoms with Crippen molar-refractivity contribution in [2.24, 2.45) is 0 Å². The first-order valence-electron chi connectivity index (χ1n) is 5.23. The minimum Gasteiger partial charge on any atom is -0.507 e. The Morgan fingerprint density at radius 2 is 1.95 bits per heavy atom. The van der Waals surface area contributed by atoms with Crippen LogP contribution in [0.4, 0.5) is 10.7 Å². The smallest absolute Gasteiger partial charge is 0.339 e. The predicted octanol–water partition coefficient (Wildman–Crippen LogP) is 3.95. The van der Waals surface area contributed by atoms with Gasteiger partial charge in [0.15, 0.2) is 0 Å². The summed E-state index contributed by atoms with van der Waals surface area (Å²) in [6.07, 6.45) is 0. The number of carboxylic acid groups (broad SMARTS) is 1. The summed E-state index contributed by atoms with van der Waals surface area (Å²) in [6.45, 7) is 0. The minimum absolute atomic E-state index is 0.188. The average Bonchev–Trinajstić information content (AvgIpc) is 2.68. The monoisotopic (exact) mass is 455 g/mol. The van der Waals surface area contributed by atoms with Gasteiger partial charge in [-0.1, -0.05) is 0 Å². The second kappa shape index (κ2) is 6.44. The third-order valence-electron chi connectivity index (χ3n) is 2.43. The van der Waals surface area contributed by atoms with E-state index in [1.54, 1.807) is 6.07 Å². The fourth-order valence-electron chi connectivity index (χ4n) is 1.58. The van der Waals surface area contributed by atoms with Crippen LogP contribution in [0, 0.1) is 0 Å². The van der Waals surface area contributed by atoms with Crippen molar-refractivity contribution in [3.05, 3.63) is 38.1 Å². The van der Waals surface area contributed by atoms with Crippen LogP contribution in [0.15, 0.2) is 32.5 Å². The van der Waals surface area contributed by atoms with E-state index < -0.39 is 23.0 Å². The molecule has 0 spiro atoms. The molecule has 21 heavy (non-hydrogen) atoms. The quantitative estimate of drug-likeness (QED) is 0.605. The van der Waals surface area contributed by atoms with E-state index >= 15 is 0 Å². The largest absolute Gasteiger partial charge is 0.507 e. The highest BCUT2D eigenvalue weighted by Crippen LogP contribution is 2.43. The SMILES string of the molecule is O=C(O)c1ccc(N(c2sc(Br)cc2Br)S(=O)O)cc1O. The molecule has 2 rings (SSSR count). The number of aromatic carboxylic acids is 1. The number of hydrogen-bond acceptors (Lipinski definition) is 4. The van der Waals surface area contributed by atoms with E-state index in [9.17, 15) is 18.7 Å². The van der Waals surface area contributed by atoms with Crippen molar-refractivity contribution >= 4 is 71.1 Å². The number of hydrogen-bond donors (Lipinski definition) is 3. The lowest BCUT2D eigenvalue weighted by Gasteiger charge is -2.19. The third-order valence-corrected chi connectivity index (χ3v) is 5.74. The molecular weight excluding hydrogens is 450 g/mol. The Bertz CT molecular complexity index is 733. The standard InChI is InChI=1S/C11H7Br2NO5S2/c12-7-4-9(13)20-10(7)14(21(18)19)5-1-2-6(11(16)17)8(15)3-5/h1-4,15H,(H,16,17)(H,18,19). The van der Waals surface area contributed by atoms with Gasteiger partial charge in [-0.3, -0.25) is 4.55 Å². The molecule has 0 bridgehead atoms. The van der Waals surface area contributed by atoms with E-state index in [0.717, 1.165) is 14.2 Å². The molecule has 1 atom stereocenters. The summed E-state index contributed by atoms with van der Waals surface area (Å²) in [6, 6.07) is 5.35. The number of anilines is 2. The summed E-state index contributed by atoms with van der Waals surface area (Å²) >= 11 is 5.36. The molecule has 0 aliphatic heterocycles. The van der Waals surface area contributed by atoms with E-state index in [1.807, 2.05) is 0 Å². The van der Waals surface area contributed by atoms with Crippen LogP contribution in [0.5, 0.6) is 5.75 Å². The molecule has 1 aromatic heterocycles. The summed E-state index contributed by atoms with van der Waals surface area (Å²) in [7, 11) is 0. The van der Waals surface area contributed by atoms with Gasteiger partial charge in [0.25, 0.3) is 11.3 Å². The molecule has 0 fully saturated rings. The number of halogens is 2. The van der Waals surface area contributed by atoms with Crippen LogP contribution in [-0.4, -0.2) is 24.9 Å². The third kappa shape index (κ3) is 3.46. The number of benzene rings is 1. The lowest BCUT2D eigenvalue weighted by molar-refractivity contribution is 0.0694. The first-order valence-corrected chi connectivity index (χ1v) is 8.70. The first kappa shape index (κ1) is 16.4. The van der Waals surface area contributed by atoms with E-state index in [-0.39, 0.29) is 11.3 Å². The fraction of sp³-hybridized carbons (Fsp3) is 0. The van der Waals surface area contributed by atoms with Crippen LogP contribution in [0.3, 0.4) is 0 Å². The van der Waals surface area contributed by atoms with Gasteiger partial charge in [-0.05, 0) is 50.1 Å². The number of rotatable bonds is 4. The normalized spacial score (nSPS) is 12.1. The second-order valence-corrected chi connectivity index (χ2v) is 7.83. The van der Waals surface area contributed by atoms with Crippen LogP contribution in [0.1, 0.15) is 10.4 Å². The highest BCUT2D eigenvalue weighted by molar-refractivity contribution is 9.11. The van der Waals surface area contributed by atoms with E-state index in [0.29, 0.717) is 9.47 Å². The summed E-state index contributed by atoms with van der Waals surface area (Å²) in [5.41, 5.74) is -0.0952. The summed E-state index contributed by atoms with van der Waals surface area (Å²) in [5, 5.41) is 19.0. The molecule has 1 unspecified atom stereocenters. The molecule has 10 heteroatoms. The Balaban J connectivity index is 2.54.